The molecule has 1 amide bonds. The maximum Gasteiger partial charge on any atom is 0.234 e. The van der Waals surface area contributed by atoms with E-state index in [2.05, 4.69) is 10.3 Å². The summed E-state index contributed by atoms with van der Waals surface area (Å²) in [5, 5.41) is 4.41. The van der Waals surface area contributed by atoms with Crippen LogP contribution in [-0.4, -0.2) is 16.6 Å². The first-order chi connectivity index (χ1) is 11.1. The van der Waals surface area contributed by atoms with Crippen molar-refractivity contribution < 1.29 is 9.18 Å². The van der Waals surface area contributed by atoms with Crippen LogP contribution in [-0.2, 0) is 4.79 Å². The van der Waals surface area contributed by atoms with E-state index in [-0.39, 0.29) is 17.3 Å². The lowest BCUT2D eigenvalue weighted by Crippen LogP contribution is -2.15. The van der Waals surface area contributed by atoms with Crippen LogP contribution in [0.4, 0.5) is 10.1 Å². The quantitative estimate of drug-likeness (QED) is 0.722. The number of pyridine rings is 1. The van der Waals surface area contributed by atoms with E-state index < -0.39 is 5.82 Å². The van der Waals surface area contributed by atoms with Crippen LogP contribution < -0.4 is 5.32 Å². The maximum absolute atomic E-state index is 13.7. The molecule has 1 N–H and O–H groups in total. The molecule has 5 heteroatoms. The Morgan fingerprint density at radius 1 is 1.17 bits per heavy atom. The number of amides is 1. The Morgan fingerprint density at radius 3 is 2.83 bits per heavy atom. The van der Waals surface area contributed by atoms with E-state index >= 15 is 0 Å². The van der Waals surface area contributed by atoms with Gasteiger partial charge in [0, 0.05) is 5.39 Å². The van der Waals surface area contributed by atoms with Gasteiger partial charge in [-0.15, -0.1) is 0 Å². The average Bonchev–Trinajstić information content (AvgIpc) is 2.55. The van der Waals surface area contributed by atoms with Gasteiger partial charge in [0.2, 0.25) is 5.91 Å². The largest absolute Gasteiger partial charge is 0.323 e. The Bertz CT molecular complexity index is 867. The minimum Gasteiger partial charge on any atom is -0.323 e. The number of halogens is 1. The van der Waals surface area contributed by atoms with Crippen LogP contribution >= 0.6 is 11.8 Å². The number of anilines is 1. The highest BCUT2D eigenvalue weighted by molar-refractivity contribution is 7.99. The average molecular weight is 326 g/mol. The Balaban J connectivity index is 1.63. The zero-order chi connectivity index (χ0) is 16.2. The number of aryl methyl sites for hydroxylation is 1. The van der Waals surface area contributed by atoms with Gasteiger partial charge in [-0.3, -0.25) is 4.79 Å². The summed E-state index contributed by atoms with van der Waals surface area (Å²) in [6.45, 7) is 1.80. The number of thioether (sulfide) groups is 1. The van der Waals surface area contributed by atoms with E-state index in [1.165, 1.54) is 17.8 Å². The molecule has 0 saturated carbocycles. The van der Waals surface area contributed by atoms with Crippen molar-refractivity contribution in [2.75, 3.05) is 11.1 Å². The molecule has 0 fully saturated rings. The fourth-order valence-corrected chi connectivity index (χ4v) is 2.85. The first-order valence-electron chi connectivity index (χ1n) is 7.16. The first kappa shape index (κ1) is 15.5. The molecule has 0 saturated heterocycles. The van der Waals surface area contributed by atoms with Crippen molar-refractivity contribution in [1.82, 2.24) is 4.98 Å². The molecule has 2 aromatic carbocycles. The van der Waals surface area contributed by atoms with Crippen molar-refractivity contribution in [3.63, 3.8) is 0 Å². The molecule has 116 valence electrons. The van der Waals surface area contributed by atoms with Crippen molar-refractivity contribution >= 4 is 34.3 Å². The molecule has 23 heavy (non-hydrogen) atoms. The van der Waals surface area contributed by atoms with Crippen LogP contribution in [0, 0.1) is 12.7 Å². The monoisotopic (exact) mass is 326 g/mol. The Kier molecular flexibility index (Phi) is 4.57. The Labute approximate surface area is 137 Å². The number of hydrogen-bond acceptors (Lipinski definition) is 3. The van der Waals surface area contributed by atoms with E-state index in [1.807, 2.05) is 36.4 Å². The van der Waals surface area contributed by atoms with Crippen LogP contribution in [0.5, 0.6) is 0 Å². The molecule has 0 bridgehead atoms. The lowest BCUT2D eigenvalue weighted by Gasteiger charge is -2.07. The second kappa shape index (κ2) is 6.79. The molecule has 1 heterocycles. The zero-order valence-electron chi connectivity index (χ0n) is 12.5. The molecule has 3 rings (SSSR count). The fraction of sp³-hybridized carbons (Fsp3) is 0.111. The molecule has 3 nitrogen and oxygen atoms in total. The summed E-state index contributed by atoms with van der Waals surface area (Å²) in [7, 11) is 0. The number of hydrogen-bond donors (Lipinski definition) is 1. The third kappa shape index (κ3) is 3.87. The molecular formula is C18H15FN2OS. The van der Waals surface area contributed by atoms with E-state index in [9.17, 15) is 9.18 Å². The van der Waals surface area contributed by atoms with Crippen molar-refractivity contribution in [2.24, 2.45) is 0 Å². The number of aromatic nitrogens is 1. The number of nitrogens with one attached hydrogen (secondary N) is 1. The number of carbonyl (C=O) groups excluding carboxylic acids is 1. The predicted octanol–water partition coefficient (Wildman–Crippen LogP) is 4.41. The first-order valence-corrected chi connectivity index (χ1v) is 8.15. The van der Waals surface area contributed by atoms with Gasteiger partial charge in [0.25, 0.3) is 0 Å². The van der Waals surface area contributed by atoms with Crippen LogP contribution in [0.2, 0.25) is 0 Å². The second-order valence-electron chi connectivity index (χ2n) is 5.16. The molecule has 0 aliphatic carbocycles. The van der Waals surface area contributed by atoms with Crippen molar-refractivity contribution in [3.05, 3.63) is 66.0 Å². The van der Waals surface area contributed by atoms with Crippen LogP contribution in [0.1, 0.15) is 5.56 Å². The van der Waals surface area contributed by atoms with Gasteiger partial charge in [0.15, 0.2) is 0 Å². The second-order valence-corrected chi connectivity index (χ2v) is 6.16. The van der Waals surface area contributed by atoms with Gasteiger partial charge in [0.1, 0.15) is 5.82 Å². The zero-order valence-corrected chi connectivity index (χ0v) is 13.4. The van der Waals surface area contributed by atoms with Crippen LogP contribution in [0.3, 0.4) is 0 Å². The minimum absolute atomic E-state index is 0.179. The van der Waals surface area contributed by atoms with E-state index in [1.54, 1.807) is 19.1 Å². The van der Waals surface area contributed by atoms with Gasteiger partial charge in [-0.05, 0) is 36.8 Å². The van der Waals surface area contributed by atoms with Crippen LogP contribution in [0.25, 0.3) is 10.9 Å². The standard InChI is InChI=1S/C18H15FN2OS/c1-12-6-8-16(14(19)10-12)20-17(22)11-23-18-9-7-13-4-2-3-5-15(13)21-18/h2-10H,11H2,1H3,(H,20,22). The lowest BCUT2D eigenvalue weighted by atomic mass is 10.2. The summed E-state index contributed by atoms with van der Waals surface area (Å²) in [4.78, 5) is 16.5. The highest BCUT2D eigenvalue weighted by Crippen LogP contribution is 2.21. The fourth-order valence-electron chi connectivity index (χ4n) is 2.18. The Morgan fingerprint density at radius 2 is 2.00 bits per heavy atom. The predicted molar refractivity (Wildman–Crippen MR) is 92.2 cm³/mol. The molecule has 0 aliphatic rings. The van der Waals surface area contributed by atoms with E-state index in [0.29, 0.717) is 0 Å². The number of para-hydroxylation sites is 1. The molecule has 0 aliphatic heterocycles. The molecule has 0 atom stereocenters. The minimum atomic E-state index is -0.424. The summed E-state index contributed by atoms with van der Waals surface area (Å²) in [6.07, 6.45) is 0. The van der Waals surface area contributed by atoms with Gasteiger partial charge in [0.05, 0.1) is 22.0 Å². The van der Waals surface area contributed by atoms with Crippen molar-refractivity contribution in [3.8, 4) is 0 Å². The smallest absolute Gasteiger partial charge is 0.234 e. The molecule has 0 radical (unpaired) electrons. The van der Waals surface area contributed by atoms with E-state index in [4.69, 9.17) is 0 Å². The highest BCUT2D eigenvalue weighted by atomic mass is 32.2. The van der Waals surface area contributed by atoms with Crippen molar-refractivity contribution in [2.45, 2.75) is 11.9 Å². The third-order valence-electron chi connectivity index (χ3n) is 3.32. The summed E-state index contributed by atoms with van der Waals surface area (Å²) in [6, 6.07) is 16.4. The topological polar surface area (TPSA) is 42.0 Å². The van der Waals surface area contributed by atoms with Gasteiger partial charge in [-0.1, -0.05) is 42.1 Å². The summed E-state index contributed by atoms with van der Waals surface area (Å²) in [5.74, 6) is -0.501. The number of benzene rings is 2. The van der Waals surface area contributed by atoms with Crippen LogP contribution in [0.15, 0.2) is 59.6 Å². The summed E-state index contributed by atoms with van der Waals surface area (Å²) >= 11 is 1.33. The van der Waals surface area contributed by atoms with Gasteiger partial charge in [-0.25, -0.2) is 9.37 Å². The van der Waals surface area contributed by atoms with Gasteiger partial charge >= 0.3 is 0 Å². The third-order valence-corrected chi connectivity index (χ3v) is 4.25. The molecular weight excluding hydrogens is 311 g/mol. The number of nitrogens with zero attached hydrogens (tertiary/aromatic N) is 1. The molecule has 3 aromatic rings. The van der Waals surface area contributed by atoms with Gasteiger partial charge < -0.3 is 5.32 Å². The van der Waals surface area contributed by atoms with Crippen molar-refractivity contribution in [1.29, 1.82) is 0 Å². The lowest BCUT2D eigenvalue weighted by molar-refractivity contribution is -0.113. The molecule has 0 unspecified atom stereocenters. The number of rotatable bonds is 4. The van der Waals surface area contributed by atoms with E-state index in [0.717, 1.165) is 21.5 Å². The summed E-state index contributed by atoms with van der Waals surface area (Å²) in [5.41, 5.74) is 1.91. The number of carbonyl (C=O) groups is 1. The SMILES string of the molecule is Cc1ccc(NC(=O)CSc2ccc3ccccc3n2)c(F)c1. The van der Waals surface area contributed by atoms with Gasteiger partial charge in [-0.2, -0.15) is 0 Å². The molecule has 0 spiro atoms. The Hall–Kier alpha value is -2.40. The summed E-state index contributed by atoms with van der Waals surface area (Å²) < 4.78 is 13.7. The maximum atomic E-state index is 13.7. The highest BCUT2D eigenvalue weighted by Gasteiger charge is 2.08. The normalized spacial score (nSPS) is 10.7. The molecule has 1 aromatic heterocycles. The number of fused-ring (bicyclic) bond motifs is 1.